The topological polar surface area (TPSA) is 89.2 Å². The molecule has 1 atom stereocenters. The van der Waals surface area contributed by atoms with Crippen LogP contribution in [-0.2, 0) is 30.5 Å². The van der Waals surface area contributed by atoms with Crippen molar-refractivity contribution in [1.29, 1.82) is 5.26 Å². The Morgan fingerprint density at radius 3 is 2.47 bits per heavy atom. The lowest BCUT2D eigenvalue weighted by molar-refractivity contribution is -0.138. The van der Waals surface area contributed by atoms with Crippen LogP contribution in [0.15, 0.2) is 61.1 Å². The molecule has 12 heteroatoms. The van der Waals surface area contributed by atoms with Crippen LogP contribution in [0, 0.1) is 17.2 Å². The fraction of sp³-hybridized carbons (Fsp3) is 0.419. The SMILES string of the molecule is CC(C)[C@@H](CN(Cc1ccccc1C(F)(F)F)C(=S)NCCN(C)C)NC(=O)Cc1cncn1Cc1ccc(C#N)cc1. The molecule has 0 fully saturated rings. The minimum atomic E-state index is -4.51. The van der Waals surface area contributed by atoms with Gasteiger partial charge in [-0.1, -0.05) is 44.2 Å². The number of nitrogens with zero attached hydrogens (tertiary/aromatic N) is 5. The quantitative estimate of drug-likeness (QED) is 0.276. The van der Waals surface area contributed by atoms with E-state index in [1.807, 2.05) is 49.5 Å². The zero-order chi connectivity index (χ0) is 31.6. The zero-order valence-corrected chi connectivity index (χ0v) is 25.7. The summed E-state index contributed by atoms with van der Waals surface area (Å²) in [5, 5.41) is 15.6. The molecule has 0 radical (unpaired) electrons. The molecule has 1 heterocycles. The van der Waals surface area contributed by atoms with Crippen molar-refractivity contribution in [2.45, 2.75) is 45.6 Å². The normalized spacial score (nSPS) is 12.2. The smallest absolute Gasteiger partial charge is 0.361 e. The Balaban J connectivity index is 1.75. The molecule has 3 rings (SSSR count). The van der Waals surface area contributed by atoms with E-state index in [9.17, 15) is 18.0 Å². The van der Waals surface area contributed by atoms with Gasteiger partial charge in [0.15, 0.2) is 5.11 Å². The third-order valence-electron chi connectivity index (χ3n) is 6.95. The number of halogens is 3. The van der Waals surface area contributed by atoms with Crippen LogP contribution < -0.4 is 10.6 Å². The van der Waals surface area contributed by atoms with Crippen LogP contribution in [0.5, 0.6) is 0 Å². The van der Waals surface area contributed by atoms with Gasteiger partial charge in [-0.05, 0) is 61.6 Å². The van der Waals surface area contributed by atoms with Crippen molar-refractivity contribution in [2.24, 2.45) is 5.92 Å². The molecule has 0 unspecified atom stereocenters. The first-order chi connectivity index (χ1) is 20.4. The Morgan fingerprint density at radius 2 is 1.84 bits per heavy atom. The van der Waals surface area contributed by atoms with Crippen molar-refractivity contribution < 1.29 is 18.0 Å². The maximum atomic E-state index is 13.8. The number of thiocarbonyl (C=S) groups is 1. The number of carbonyl (C=O) groups is 1. The van der Waals surface area contributed by atoms with Crippen LogP contribution in [0.2, 0.25) is 0 Å². The maximum Gasteiger partial charge on any atom is 0.416 e. The summed E-state index contributed by atoms with van der Waals surface area (Å²) >= 11 is 5.64. The molecule has 2 N–H and O–H groups in total. The summed E-state index contributed by atoms with van der Waals surface area (Å²) in [6.07, 6.45) is -1.15. The molecule has 1 amide bonds. The molecule has 8 nitrogen and oxygen atoms in total. The molecule has 2 aromatic carbocycles. The standard InChI is InChI=1S/C31H38F3N7OS/c1-22(2)28(38-29(42)15-26-17-36-21-41(26)18-24-11-9-23(16-35)10-12-24)20-40(30(43)37-13-14-39(3)4)19-25-7-5-6-8-27(25)31(32,33)34/h5-12,17,21-22,28H,13-15,18-20H2,1-4H3,(H,37,43)(H,38,42)/t28-/m1/s1. The van der Waals surface area contributed by atoms with Crippen molar-refractivity contribution in [3.8, 4) is 6.07 Å². The maximum absolute atomic E-state index is 13.8. The Kier molecular flexibility index (Phi) is 12.1. The highest BCUT2D eigenvalue weighted by atomic mass is 32.1. The summed E-state index contributed by atoms with van der Waals surface area (Å²) in [7, 11) is 3.84. The minimum Gasteiger partial charge on any atom is -0.361 e. The highest BCUT2D eigenvalue weighted by molar-refractivity contribution is 7.80. The van der Waals surface area contributed by atoms with Crippen LogP contribution in [0.3, 0.4) is 0 Å². The number of nitrogens with one attached hydrogen (secondary N) is 2. The second-order valence-electron chi connectivity index (χ2n) is 11.0. The van der Waals surface area contributed by atoms with Crippen LogP contribution in [0.4, 0.5) is 13.2 Å². The molecule has 0 bridgehead atoms. The largest absolute Gasteiger partial charge is 0.416 e. The first-order valence-corrected chi connectivity index (χ1v) is 14.4. The van der Waals surface area contributed by atoms with Gasteiger partial charge in [0.05, 0.1) is 29.9 Å². The Hall–Kier alpha value is -3.95. The molecular weight excluding hydrogens is 575 g/mol. The van der Waals surface area contributed by atoms with Crippen molar-refractivity contribution in [1.82, 2.24) is 30.0 Å². The van der Waals surface area contributed by atoms with E-state index in [-0.39, 0.29) is 36.9 Å². The first-order valence-electron chi connectivity index (χ1n) is 14.0. The summed E-state index contributed by atoms with van der Waals surface area (Å²) in [5.74, 6) is -0.264. The molecular formula is C31H38F3N7OS. The third-order valence-corrected chi connectivity index (χ3v) is 7.35. The minimum absolute atomic E-state index is 0.0301. The molecule has 0 saturated carbocycles. The number of amides is 1. The zero-order valence-electron chi connectivity index (χ0n) is 24.9. The van der Waals surface area contributed by atoms with Gasteiger partial charge in [-0.3, -0.25) is 4.79 Å². The lowest BCUT2D eigenvalue weighted by Crippen LogP contribution is -2.51. The molecule has 0 aliphatic heterocycles. The Bertz CT molecular complexity index is 1400. The summed E-state index contributed by atoms with van der Waals surface area (Å²) < 4.78 is 43.2. The van der Waals surface area contributed by atoms with E-state index < -0.39 is 17.8 Å². The number of benzene rings is 2. The van der Waals surface area contributed by atoms with Gasteiger partial charge in [0, 0.05) is 50.7 Å². The number of alkyl halides is 3. The van der Waals surface area contributed by atoms with E-state index in [4.69, 9.17) is 17.5 Å². The van der Waals surface area contributed by atoms with E-state index in [0.717, 1.165) is 11.6 Å². The van der Waals surface area contributed by atoms with E-state index in [2.05, 4.69) is 21.7 Å². The molecule has 43 heavy (non-hydrogen) atoms. The fourth-order valence-corrected chi connectivity index (χ4v) is 4.70. The van der Waals surface area contributed by atoms with Gasteiger partial charge in [0.25, 0.3) is 0 Å². The summed E-state index contributed by atoms with van der Waals surface area (Å²) in [6.45, 7) is 5.74. The first kappa shape index (κ1) is 33.6. The van der Waals surface area contributed by atoms with Crippen LogP contribution >= 0.6 is 12.2 Å². The Labute approximate surface area is 256 Å². The van der Waals surface area contributed by atoms with Gasteiger partial charge >= 0.3 is 6.18 Å². The lowest BCUT2D eigenvalue weighted by atomic mass is 10.0. The van der Waals surface area contributed by atoms with Crippen LogP contribution in [0.25, 0.3) is 0 Å². The summed E-state index contributed by atoms with van der Waals surface area (Å²) in [6, 6.07) is 14.4. The second kappa shape index (κ2) is 15.5. The van der Waals surface area contributed by atoms with Crippen molar-refractivity contribution in [3.05, 3.63) is 89.0 Å². The average molecular weight is 614 g/mol. The molecule has 0 spiro atoms. The highest BCUT2D eigenvalue weighted by Gasteiger charge is 2.34. The van der Waals surface area contributed by atoms with Gasteiger partial charge in [0.2, 0.25) is 5.91 Å². The van der Waals surface area contributed by atoms with Gasteiger partial charge in [0.1, 0.15) is 0 Å². The van der Waals surface area contributed by atoms with E-state index in [1.54, 1.807) is 35.6 Å². The molecule has 0 aliphatic rings. The van der Waals surface area contributed by atoms with Gasteiger partial charge in [-0.15, -0.1) is 0 Å². The summed E-state index contributed by atoms with van der Waals surface area (Å²) in [5.41, 5.74) is 1.63. The van der Waals surface area contributed by atoms with Crippen LogP contribution in [-0.4, -0.2) is 70.1 Å². The number of imidazole rings is 1. The number of aromatic nitrogens is 2. The third kappa shape index (κ3) is 10.4. The number of carbonyl (C=O) groups excluding carboxylic acids is 1. The number of hydrogen-bond donors (Lipinski definition) is 2. The highest BCUT2D eigenvalue weighted by Crippen LogP contribution is 2.32. The van der Waals surface area contributed by atoms with E-state index >= 15 is 0 Å². The number of likely N-dealkylation sites (N-methyl/N-ethyl adjacent to an activating group) is 1. The summed E-state index contributed by atoms with van der Waals surface area (Å²) in [4.78, 5) is 21.1. The van der Waals surface area contributed by atoms with Crippen LogP contribution in [0.1, 0.15) is 41.8 Å². The van der Waals surface area contributed by atoms with Crippen molar-refractivity contribution >= 4 is 23.2 Å². The average Bonchev–Trinajstić information content (AvgIpc) is 3.37. The van der Waals surface area contributed by atoms with Crippen molar-refractivity contribution in [2.75, 3.05) is 33.7 Å². The fourth-order valence-electron chi connectivity index (χ4n) is 4.46. The number of rotatable bonds is 13. The molecule has 3 aromatic rings. The Morgan fingerprint density at radius 1 is 1.14 bits per heavy atom. The van der Waals surface area contributed by atoms with Gasteiger partial charge < -0.3 is 25.0 Å². The predicted molar refractivity (Wildman–Crippen MR) is 164 cm³/mol. The number of nitriles is 1. The van der Waals surface area contributed by atoms with E-state index in [0.29, 0.717) is 36.0 Å². The molecule has 230 valence electrons. The molecule has 1 aromatic heterocycles. The second-order valence-corrected chi connectivity index (χ2v) is 11.4. The van der Waals surface area contributed by atoms with Crippen molar-refractivity contribution in [3.63, 3.8) is 0 Å². The monoisotopic (exact) mass is 613 g/mol. The van der Waals surface area contributed by atoms with Gasteiger partial charge in [-0.2, -0.15) is 18.4 Å². The van der Waals surface area contributed by atoms with Gasteiger partial charge in [-0.25, -0.2) is 4.98 Å². The number of hydrogen-bond acceptors (Lipinski definition) is 5. The lowest BCUT2D eigenvalue weighted by Gasteiger charge is -2.33. The molecule has 0 aliphatic carbocycles. The van der Waals surface area contributed by atoms with E-state index in [1.165, 1.54) is 12.1 Å². The molecule has 0 saturated heterocycles. The predicted octanol–water partition coefficient (Wildman–Crippen LogP) is 4.44.